The van der Waals surface area contributed by atoms with Crippen LogP contribution in [0.25, 0.3) is 0 Å². The highest BCUT2D eigenvalue weighted by molar-refractivity contribution is 5.89. The number of nitro groups is 1. The number of rotatable bonds is 3. The number of aromatic carboxylic acids is 1. The molecule has 0 bridgehead atoms. The van der Waals surface area contributed by atoms with Gasteiger partial charge in [-0.05, 0) is 16.0 Å². The van der Waals surface area contributed by atoms with E-state index in [1.165, 1.54) is 6.92 Å². The van der Waals surface area contributed by atoms with Gasteiger partial charge in [-0.3, -0.25) is 0 Å². The van der Waals surface area contributed by atoms with Gasteiger partial charge in [0.15, 0.2) is 5.69 Å². The minimum Gasteiger partial charge on any atom is -0.478 e. The summed E-state index contributed by atoms with van der Waals surface area (Å²) in [5, 5.41) is 19.1. The van der Waals surface area contributed by atoms with E-state index >= 15 is 0 Å². The van der Waals surface area contributed by atoms with Crippen LogP contribution in [-0.2, 0) is 0 Å². The van der Waals surface area contributed by atoms with Crippen LogP contribution < -0.4 is 0 Å². The third-order valence-electron chi connectivity index (χ3n) is 1.86. The van der Waals surface area contributed by atoms with Gasteiger partial charge in [0.25, 0.3) is 6.43 Å². The molecule has 8 heteroatoms. The molecule has 0 saturated carbocycles. The van der Waals surface area contributed by atoms with Crippen molar-refractivity contribution < 1.29 is 23.6 Å². The van der Waals surface area contributed by atoms with E-state index in [4.69, 9.17) is 5.11 Å². The van der Waals surface area contributed by atoms with Crippen molar-refractivity contribution in [2.45, 2.75) is 13.3 Å². The molecule has 0 aliphatic rings. The molecule has 6 nitrogen and oxygen atoms in total. The van der Waals surface area contributed by atoms with Crippen LogP contribution in [0.2, 0.25) is 0 Å². The topological polar surface area (TPSA) is 93.3 Å². The molecule has 0 fully saturated rings. The zero-order valence-corrected chi connectivity index (χ0v) is 7.98. The zero-order chi connectivity index (χ0) is 12.5. The van der Waals surface area contributed by atoms with Crippen LogP contribution in [0.1, 0.15) is 28.0 Å². The molecule has 0 radical (unpaired) electrons. The number of carboxylic acid groups (broad SMARTS) is 1. The fraction of sp³-hybridized carbons (Fsp3) is 0.250. The average Bonchev–Trinajstić information content (AvgIpc) is 2.15. The van der Waals surface area contributed by atoms with E-state index in [2.05, 4.69) is 4.98 Å². The molecule has 16 heavy (non-hydrogen) atoms. The largest absolute Gasteiger partial charge is 0.478 e. The summed E-state index contributed by atoms with van der Waals surface area (Å²) >= 11 is 0. The van der Waals surface area contributed by atoms with Crippen molar-refractivity contribution in [2.24, 2.45) is 0 Å². The molecular weight excluding hydrogens is 226 g/mol. The van der Waals surface area contributed by atoms with E-state index in [0.29, 0.717) is 6.07 Å². The average molecular weight is 232 g/mol. The molecule has 1 N–H and O–H groups in total. The Labute approximate surface area is 87.7 Å². The Morgan fingerprint density at radius 3 is 2.56 bits per heavy atom. The highest BCUT2D eigenvalue weighted by Crippen LogP contribution is 2.28. The second-order valence-electron chi connectivity index (χ2n) is 2.90. The molecule has 1 aromatic rings. The van der Waals surface area contributed by atoms with Gasteiger partial charge < -0.3 is 15.2 Å². The number of aromatic nitrogens is 1. The summed E-state index contributed by atoms with van der Waals surface area (Å²) in [6.45, 7) is 1.20. The van der Waals surface area contributed by atoms with E-state index in [1.54, 1.807) is 0 Å². The molecule has 0 atom stereocenters. The van der Waals surface area contributed by atoms with Crippen molar-refractivity contribution in [2.75, 3.05) is 0 Å². The number of hydrogen-bond acceptors (Lipinski definition) is 4. The van der Waals surface area contributed by atoms with Gasteiger partial charge >= 0.3 is 11.8 Å². The van der Waals surface area contributed by atoms with Gasteiger partial charge in [0, 0.05) is 6.92 Å². The first kappa shape index (κ1) is 12.0. The molecule has 1 rings (SSSR count). The van der Waals surface area contributed by atoms with Gasteiger partial charge in [-0.1, -0.05) is 0 Å². The summed E-state index contributed by atoms with van der Waals surface area (Å²) < 4.78 is 24.9. The van der Waals surface area contributed by atoms with Crippen LogP contribution in [-0.4, -0.2) is 21.0 Å². The van der Waals surface area contributed by atoms with E-state index < -0.39 is 34.3 Å². The lowest BCUT2D eigenvalue weighted by Crippen LogP contribution is -2.07. The van der Waals surface area contributed by atoms with Gasteiger partial charge in [-0.15, -0.1) is 0 Å². The first-order chi connectivity index (χ1) is 7.34. The maximum Gasteiger partial charge on any atom is 0.372 e. The number of aryl methyl sites for hydroxylation is 1. The van der Waals surface area contributed by atoms with Crippen molar-refractivity contribution in [1.82, 2.24) is 4.98 Å². The SMILES string of the molecule is Cc1nc([N+](=O)[O-])c(C(F)F)cc1C(=O)O. The van der Waals surface area contributed by atoms with Crippen molar-refractivity contribution in [1.29, 1.82) is 0 Å². The highest BCUT2D eigenvalue weighted by Gasteiger charge is 2.27. The van der Waals surface area contributed by atoms with Crippen LogP contribution in [0.5, 0.6) is 0 Å². The van der Waals surface area contributed by atoms with E-state index in [-0.39, 0.29) is 5.69 Å². The number of hydrogen-bond donors (Lipinski definition) is 1. The van der Waals surface area contributed by atoms with E-state index in [0.717, 1.165) is 0 Å². The first-order valence-corrected chi connectivity index (χ1v) is 4.02. The Balaban J connectivity index is 3.49. The van der Waals surface area contributed by atoms with Gasteiger partial charge in [-0.2, -0.15) is 0 Å². The standard InChI is InChI=1S/C8H6F2N2O4/c1-3-4(8(13)14)2-5(6(9)10)7(11-3)12(15)16/h2,6H,1H3,(H,13,14). The van der Waals surface area contributed by atoms with Gasteiger partial charge in [0.1, 0.15) is 11.1 Å². The number of nitrogens with zero attached hydrogens (tertiary/aromatic N) is 2. The molecule has 0 saturated heterocycles. The zero-order valence-electron chi connectivity index (χ0n) is 7.98. The van der Waals surface area contributed by atoms with Gasteiger partial charge in [0.2, 0.25) is 0 Å². The van der Waals surface area contributed by atoms with Gasteiger partial charge in [-0.25, -0.2) is 13.6 Å². The lowest BCUT2D eigenvalue weighted by molar-refractivity contribution is -0.391. The van der Waals surface area contributed by atoms with Crippen LogP contribution in [0, 0.1) is 17.0 Å². The maximum absolute atomic E-state index is 12.4. The van der Waals surface area contributed by atoms with Gasteiger partial charge in [0.05, 0.1) is 0 Å². The maximum atomic E-state index is 12.4. The summed E-state index contributed by atoms with van der Waals surface area (Å²) in [6.07, 6.45) is -3.15. The van der Waals surface area contributed by atoms with Crippen molar-refractivity contribution in [3.05, 3.63) is 33.0 Å². The predicted octanol–water partition coefficient (Wildman–Crippen LogP) is 1.93. The highest BCUT2D eigenvalue weighted by atomic mass is 19.3. The number of carboxylic acids is 1. The quantitative estimate of drug-likeness (QED) is 0.634. The Bertz CT molecular complexity index is 462. The minimum absolute atomic E-state index is 0.177. The Morgan fingerprint density at radius 1 is 1.62 bits per heavy atom. The monoisotopic (exact) mass is 232 g/mol. The summed E-state index contributed by atoms with van der Waals surface area (Å²) in [7, 11) is 0. The molecule has 0 spiro atoms. The van der Waals surface area contributed by atoms with Crippen LogP contribution in [0.3, 0.4) is 0 Å². The van der Waals surface area contributed by atoms with Crippen molar-refractivity contribution in [3.8, 4) is 0 Å². The first-order valence-electron chi connectivity index (χ1n) is 4.02. The summed E-state index contributed by atoms with van der Waals surface area (Å²) in [6, 6.07) is 0.577. The molecule has 1 heterocycles. The molecule has 0 amide bonds. The smallest absolute Gasteiger partial charge is 0.372 e. The number of carbonyl (C=O) groups is 1. The Hall–Kier alpha value is -2.12. The molecule has 1 aromatic heterocycles. The van der Waals surface area contributed by atoms with E-state index in [1.807, 2.05) is 0 Å². The van der Waals surface area contributed by atoms with Crippen LogP contribution >= 0.6 is 0 Å². The summed E-state index contributed by atoms with van der Waals surface area (Å²) in [5.41, 5.74) is -1.64. The number of pyridine rings is 1. The Morgan fingerprint density at radius 2 is 2.19 bits per heavy atom. The molecule has 0 aromatic carbocycles. The minimum atomic E-state index is -3.15. The lowest BCUT2D eigenvalue weighted by Gasteiger charge is -2.03. The predicted molar refractivity (Wildman–Crippen MR) is 47.5 cm³/mol. The van der Waals surface area contributed by atoms with Crippen LogP contribution in [0.4, 0.5) is 14.6 Å². The van der Waals surface area contributed by atoms with Crippen molar-refractivity contribution >= 4 is 11.8 Å². The summed E-state index contributed by atoms with van der Waals surface area (Å²) in [5.74, 6) is -2.47. The number of alkyl halides is 2. The third kappa shape index (κ3) is 2.10. The van der Waals surface area contributed by atoms with Crippen molar-refractivity contribution in [3.63, 3.8) is 0 Å². The number of halogens is 2. The fourth-order valence-corrected chi connectivity index (χ4v) is 1.13. The van der Waals surface area contributed by atoms with E-state index in [9.17, 15) is 23.7 Å². The second kappa shape index (κ2) is 4.17. The Kier molecular flexibility index (Phi) is 3.11. The molecular formula is C8H6F2N2O4. The molecule has 86 valence electrons. The molecule has 0 aliphatic heterocycles. The molecule has 0 aliphatic carbocycles. The molecule has 0 unspecified atom stereocenters. The lowest BCUT2D eigenvalue weighted by atomic mass is 10.1. The third-order valence-corrected chi connectivity index (χ3v) is 1.86. The normalized spacial score (nSPS) is 10.5. The second-order valence-corrected chi connectivity index (χ2v) is 2.90. The summed E-state index contributed by atoms with van der Waals surface area (Å²) in [4.78, 5) is 23.2. The van der Waals surface area contributed by atoms with Crippen LogP contribution in [0.15, 0.2) is 6.07 Å². The fourth-order valence-electron chi connectivity index (χ4n) is 1.13.